The van der Waals surface area contributed by atoms with E-state index in [0.29, 0.717) is 23.6 Å². The van der Waals surface area contributed by atoms with Crippen molar-refractivity contribution in [3.8, 4) is 11.5 Å². The fraction of sp³-hybridized carbons (Fsp3) is 0.182. The average Bonchev–Trinajstić information content (AvgIpc) is 3.04. The summed E-state index contributed by atoms with van der Waals surface area (Å²) < 4.78 is 10.5. The Hall–Kier alpha value is -3.79. The van der Waals surface area contributed by atoms with Gasteiger partial charge in [0, 0.05) is 6.07 Å². The second-order valence-corrected chi connectivity index (χ2v) is 7.43. The number of hydrogen-bond donors (Lipinski definition) is 2. The van der Waals surface area contributed by atoms with Gasteiger partial charge < -0.3 is 19.7 Å². The highest BCUT2D eigenvalue weighted by molar-refractivity contribution is 8.18. The summed E-state index contributed by atoms with van der Waals surface area (Å²) in [6.45, 7) is 4.17. The fourth-order valence-corrected chi connectivity index (χ4v) is 3.86. The molecular weight excluding hydrogens is 436 g/mol. The SMILES string of the molecule is CCOC(=O)C1=C(O)/C(=C\c2ccc([N+](=O)[O-])c(O)c2)SC1=Nc1ccc(OCC)cc1. The van der Waals surface area contributed by atoms with E-state index in [0.717, 1.165) is 17.8 Å². The maximum absolute atomic E-state index is 12.5. The summed E-state index contributed by atoms with van der Waals surface area (Å²) in [5.41, 5.74) is 0.423. The van der Waals surface area contributed by atoms with Gasteiger partial charge in [0.2, 0.25) is 0 Å². The zero-order chi connectivity index (χ0) is 23.3. The molecule has 166 valence electrons. The van der Waals surface area contributed by atoms with Crippen LogP contribution in [0.15, 0.2) is 63.7 Å². The number of aliphatic imine (C=N–C) groups is 1. The molecule has 10 heteroatoms. The van der Waals surface area contributed by atoms with Gasteiger partial charge in [-0.25, -0.2) is 9.79 Å². The zero-order valence-corrected chi connectivity index (χ0v) is 18.1. The lowest BCUT2D eigenvalue weighted by atomic mass is 10.1. The van der Waals surface area contributed by atoms with Gasteiger partial charge in [0.1, 0.15) is 22.1 Å². The maximum Gasteiger partial charge on any atom is 0.344 e. The highest BCUT2D eigenvalue weighted by atomic mass is 32.2. The average molecular weight is 456 g/mol. The van der Waals surface area contributed by atoms with Crippen molar-refractivity contribution in [2.75, 3.05) is 13.2 Å². The minimum Gasteiger partial charge on any atom is -0.506 e. The number of phenols is 1. The van der Waals surface area contributed by atoms with Crippen LogP contribution in [0.4, 0.5) is 11.4 Å². The predicted octanol–water partition coefficient (Wildman–Crippen LogP) is 4.89. The van der Waals surface area contributed by atoms with Crippen LogP contribution in [-0.2, 0) is 9.53 Å². The second kappa shape index (κ2) is 10.0. The molecule has 3 rings (SSSR count). The molecule has 1 aliphatic heterocycles. The summed E-state index contributed by atoms with van der Waals surface area (Å²) in [7, 11) is 0. The predicted molar refractivity (Wildman–Crippen MR) is 121 cm³/mol. The number of nitro benzene ring substituents is 1. The van der Waals surface area contributed by atoms with E-state index < -0.39 is 22.3 Å². The molecule has 0 unspecified atom stereocenters. The van der Waals surface area contributed by atoms with Gasteiger partial charge in [-0.1, -0.05) is 11.8 Å². The van der Waals surface area contributed by atoms with Crippen molar-refractivity contribution >= 4 is 40.2 Å². The Bertz CT molecular complexity index is 1140. The van der Waals surface area contributed by atoms with Crippen LogP contribution in [-0.4, -0.2) is 39.4 Å². The van der Waals surface area contributed by atoms with Gasteiger partial charge in [0.05, 0.1) is 28.7 Å². The topological polar surface area (TPSA) is 131 Å². The first-order chi connectivity index (χ1) is 15.3. The fourth-order valence-electron chi connectivity index (χ4n) is 2.83. The molecule has 0 aliphatic carbocycles. The molecule has 0 atom stereocenters. The number of thioether (sulfide) groups is 1. The van der Waals surface area contributed by atoms with Gasteiger partial charge >= 0.3 is 11.7 Å². The third kappa shape index (κ3) is 5.09. The number of phenolic OH excluding ortho intramolecular Hbond substituents is 1. The van der Waals surface area contributed by atoms with Crippen molar-refractivity contribution < 1.29 is 29.4 Å². The van der Waals surface area contributed by atoms with Crippen LogP contribution in [0.25, 0.3) is 6.08 Å². The molecule has 0 radical (unpaired) electrons. The number of rotatable bonds is 7. The van der Waals surface area contributed by atoms with E-state index in [2.05, 4.69) is 4.99 Å². The molecule has 2 aromatic rings. The largest absolute Gasteiger partial charge is 0.506 e. The number of nitro groups is 1. The number of benzene rings is 2. The number of nitrogens with zero attached hydrogens (tertiary/aromatic N) is 2. The van der Waals surface area contributed by atoms with Crippen molar-refractivity contribution in [3.05, 3.63) is 74.4 Å². The Morgan fingerprint density at radius 1 is 1.16 bits per heavy atom. The second-order valence-electron chi connectivity index (χ2n) is 6.40. The quantitative estimate of drug-likeness (QED) is 0.342. The molecule has 2 N–H and O–H groups in total. The van der Waals surface area contributed by atoms with Crippen LogP contribution in [0.2, 0.25) is 0 Å². The Balaban J connectivity index is 1.99. The van der Waals surface area contributed by atoms with Crippen LogP contribution in [0.5, 0.6) is 11.5 Å². The summed E-state index contributed by atoms with van der Waals surface area (Å²) in [5, 5.41) is 31.7. The number of ether oxygens (including phenoxy) is 2. The molecule has 32 heavy (non-hydrogen) atoms. The molecule has 0 saturated heterocycles. The lowest BCUT2D eigenvalue weighted by Gasteiger charge is -2.05. The lowest BCUT2D eigenvalue weighted by molar-refractivity contribution is -0.385. The van der Waals surface area contributed by atoms with Gasteiger partial charge in [-0.05, 0) is 61.9 Å². The van der Waals surface area contributed by atoms with Gasteiger partial charge in [0.15, 0.2) is 5.75 Å². The van der Waals surface area contributed by atoms with E-state index in [9.17, 15) is 25.1 Å². The van der Waals surface area contributed by atoms with Crippen molar-refractivity contribution in [1.29, 1.82) is 0 Å². The van der Waals surface area contributed by atoms with E-state index in [1.54, 1.807) is 31.2 Å². The summed E-state index contributed by atoms with van der Waals surface area (Å²) in [5.74, 6) is -0.879. The van der Waals surface area contributed by atoms with E-state index in [1.807, 2.05) is 6.92 Å². The first-order valence-electron chi connectivity index (χ1n) is 9.63. The molecule has 1 aliphatic rings. The zero-order valence-electron chi connectivity index (χ0n) is 17.3. The van der Waals surface area contributed by atoms with Crippen molar-refractivity contribution in [1.82, 2.24) is 0 Å². The molecule has 2 aromatic carbocycles. The van der Waals surface area contributed by atoms with Crippen molar-refractivity contribution in [2.24, 2.45) is 4.99 Å². The van der Waals surface area contributed by atoms with Crippen molar-refractivity contribution in [2.45, 2.75) is 13.8 Å². The Morgan fingerprint density at radius 2 is 1.88 bits per heavy atom. The van der Waals surface area contributed by atoms with Gasteiger partial charge in [0.25, 0.3) is 0 Å². The molecule has 1 heterocycles. The third-order valence-electron chi connectivity index (χ3n) is 4.24. The number of aromatic hydroxyl groups is 1. The highest BCUT2D eigenvalue weighted by Crippen LogP contribution is 2.41. The Morgan fingerprint density at radius 3 is 2.47 bits per heavy atom. The lowest BCUT2D eigenvalue weighted by Crippen LogP contribution is -2.12. The van der Waals surface area contributed by atoms with E-state index in [4.69, 9.17) is 9.47 Å². The van der Waals surface area contributed by atoms with Crippen LogP contribution >= 0.6 is 11.8 Å². The minimum atomic E-state index is -0.725. The van der Waals surface area contributed by atoms with Crippen LogP contribution in [0.3, 0.4) is 0 Å². The van der Waals surface area contributed by atoms with E-state index in [-0.39, 0.29) is 27.9 Å². The number of carbonyl (C=O) groups excluding carboxylic acids is 1. The minimum absolute atomic E-state index is 0.0804. The monoisotopic (exact) mass is 456 g/mol. The smallest absolute Gasteiger partial charge is 0.344 e. The van der Waals surface area contributed by atoms with Crippen molar-refractivity contribution in [3.63, 3.8) is 0 Å². The summed E-state index contributed by atoms with van der Waals surface area (Å²) in [4.78, 5) is 27.4. The summed E-state index contributed by atoms with van der Waals surface area (Å²) in [6, 6.07) is 10.7. The molecule has 0 amide bonds. The molecule has 0 bridgehead atoms. The molecular formula is C22H20N2O7S. The Labute approximate surface area is 187 Å². The summed E-state index contributed by atoms with van der Waals surface area (Å²) in [6.07, 6.45) is 1.49. The molecule has 9 nitrogen and oxygen atoms in total. The first-order valence-corrected chi connectivity index (χ1v) is 10.4. The van der Waals surface area contributed by atoms with E-state index in [1.165, 1.54) is 18.2 Å². The van der Waals surface area contributed by atoms with Crippen LogP contribution in [0, 0.1) is 10.1 Å². The number of aliphatic hydroxyl groups is 1. The van der Waals surface area contributed by atoms with Crippen LogP contribution < -0.4 is 4.74 Å². The normalized spacial score (nSPS) is 15.9. The molecule has 0 aromatic heterocycles. The van der Waals surface area contributed by atoms with Gasteiger partial charge in [-0.2, -0.15) is 0 Å². The first kappa shape index (κ1) is 22.9. The third-order valence-corrected chi connectivity index (χ3v) is 5.26. The number of aliphatic hydroxyl groups excluding tert-OH is 1. The van der Waals surface area contributed by atoms with Gasteiger partial charge in [-0.15, -0.1) is 0 Å². The molecule has 0 spiro atoms. The number of carbonyl (C=O) groups is 1. The highest BCUT2D eigenvalue weighted by Gasteiger charge is 2.33. The molecule has 0 fully saturated rings. The van der Waals surface area contributed by atoms with E-state index >= 15 is 0 Å². The standard InChI is InChI=1S/C22H20N2O7S/c1-3-30-15-8-6-14(7-9-15)23-21-19(22(27)31-4-2)20(26)18(32-21)12-13-5-10-16(24(28)29)17(25)11-13/h5-12,25-26H,3-4H2,1-2H3/b18-12+,23-21?. The summed E-state index contributed by atoms with van der Waals surface area (Å²) >= 11 is 1.04. The molecule has 0 saturated carbocycles. The maximum atomic E-state index is 12.5. The Kier molecular flexibility index (Phi) is 7.16. The number of esters is 1. The number of hydrogen-bond acceptors (Lipinski definition) is 9. The van der Waals surface area contributed by atoms with Gasteiger partial charge in [-0.3, -0.25) is 10.1 Å². The van der Waals surface area contributed by atoms with Crippen LogP contribution in [0.1, 0.15) is 19.4 Å².